The van der Waals surface area contributed by atoms with E-state index in [2.05, 4.69) is 70.5 Å². The smallest absolute Gasteiger partial charge is 0.387 e. The highest BCUT2D eigenvalue weighted by Gasteiger charge is 2.22. The van der Waals surface area contributed by atoms with Gasteiger partial charge in [0.2, 0.25) is 0 Å². The van der Waals surface area contributed by atoms with Gasteiger partial charge in [-0.3, -0.25) is 0 Å². The zero-order valence-electron chi connectivity index (χ0n) is 17.4. The van der Waals surface area contributed by atoms with E-state index in [-0.39, 0.29) is 16.6 Å². The van der Waals surface area contributed by atoms with Gasteiger partial charge in [-0.1, -0.05) is 77.9 Å². The number of rotatable bonds is 7. The molecule has 2 aromatic carbocycles. The van der Waals surface area contributed by atoms with Crippen molar-refractivity contribution in [3.05, 3.63) is 65.2 Å². The molecule has 0 aliphatic rings. The summed E-state index contributed by atoms with van der Waals surface area (Å²) in [6, 6.07) is 16.0. The molecule has 0 spiro atoms. The van der Waals surface area contributed by atoms with E-state index >= 15 is 0 Å². The summed E-state index contributed by atoms with van der Waals surface area (Å²) < 4.78 is 29.0. The number of halogens is 2. The Balaban J connectivity index is 1.99. The second-order valence-electron chi connectivity index (χ2n) is 9.10. The number of alkyl halides is 2. The van der Waals surface area contributed by atoms with Crippen LogP contribution in [-0.4, -0.2) is 6.61 Å². The molecule has 0 saturated carbocycles. The van der Waals surface area contributed by atoms with Crippen molar-refractivity contribution < 1.29 is 13.5 Å². The molecule has 0 amide bonds. The van der Waals surface area contributed by atoms with Gasteiger partial charge >= 0.3 is 6.61 Å². The third-order valence-electron chi connectivity index (χ3n) is 5.41. The van der Waals surface area contributed by atoms with Crippen LogP contribution in [0.4, 0.5) is 8.78 Å². The van der Waals surface area contributed by atoms with Gasteiger partial charge in [0.05, 0.1) is 0 Å². The number of ether oxygens (including phenoxy) is 1. The molecule has 0 aromatic heterocycles. The Hall–Kier alpha value is -1.90. The minimum atomic E-state index is -2.78. The van der Waals surface area contributed by atoms with Crippen LogP contribution in [0.3, 0.4) is 0 Å². The van der Waals surface area contributed by atoms with E-state index in [9.17, 15) is 8.78 Å². The van der Waals surface area contributed by atoms with E-state index in [1.807, 2.05) is 12.1 Å². The van der Waals surface area contributed by atoms with Gasteiger partial charge < -0.3 is 4.74 Å². The summed E-state index contributed by atoms with van der Waals surface area (Å²) in [5.41, 5.74) is 4.00. The highest BCUT2D eigenvalue weighted by atomic mass is 19.3. The van der Waals surface area contributed by atoms with Crippen LogP contribution in [0.15, 0.2) is 48.5 Å². The van der Waals surface area contributed by atoms with Gasteiger partial charge in [0.1, 0.15) is 5.75 Å². The molecule has 0 aliphatic carbocycles. The first-order valence-corrected chi connectivity index (χ1v) is 9.65. The molecular weight excluding hydrogens is 342 g/mol. The monoisotopic (exact) mass is 374 g/mol. The molecule has 27 heavy (non-hydrogen) atoms. The molecular formula is C24H32F2O. The van der Waals surface area contributed by atoms with Crippen molar-refractivity contribution in [2.24, 2.45) is 0 Å². The van der Waals surface area contributed by atoms with E-state index in [0.29, 0.717) is 5.92 Å². The highest BCUT2D eigenvalue weighted by molar-refractivity contribution is 5.32. The van der Waals surface area contributed by atoms with E-state index < -0.39 is 6.61 Å². The Labute approximate surface area is 162 Å². The predicted octanol–water partition coefficient (Wildman–Crippen LogP) is 7.45. The van der Waals surface area contributed by atoms with Crippen LogP contribution in [0.1, 0.15) is 77.0 Å². The summed E-state index contributed by atoms with van der Waals surface area (Å²) in [7, 11) is 0. The van der Waals surface area contributed by atoms with E-state index in [0.717, 1.165) is 18.4 Å². The molecule has 0 N–H and O–H groups in total. The van der Waals surface area contributed by atoms with Crippen molar-refractivity contribution in [2.75, 3.05) is 0 Å². The molecule has 0 aliphatic heterocycles. The van der Waals surface area contributed by atoms with E-state index in [1.165, 1.54) is 11.1 Å². The molecule has 3 heteroatoms. The minimum absolute atomic E-state index is 0.0248. The van der Waals surface area contributed by atoms with Crippen LogP contribution in [0.25, 0.3) is 0 Å². The summed E-state index contributed by atoms with van der Waals surface area (Å²) in [5.74, 6) is 0.677. The first-order valence-electron chi connectivity index (χ1n) is 9.65. The molecule has 0 saturated heterocycles. The van der Waals surface area contributed by atoms with Crippen molar-refractivity contribution in [1.82, 2.24) is 0 Å². The molecule has 0 radical (unpaired) electrons. The van der Waals surface area contributed by atoms with Gasteiger partial charge in [-0.15, -0.1) is 0 Å². The second-order valence-corrected chi connectivity index (χ2v) is 9.10. The Morgan fingerprint density at radius 1 is 0.815 bits per heavy atom. The summed E-state index contributed by atoms with van der Waals surface area (Å²) >= 11 is 0. The summed E-state index contributed by atoms with van der Waals surface area (Å²) in [5, 5.41) is 0. The average molecular weight is 375 g/mol. The summed E-state index contributed by atoms with van der Waals surface area (Å²) in [6.45, 7) is 10.6. The topological polar surface area (TPSA) is 9.23 Å². The van der Waals surface area contributed by atoms with Crippen LogP contribution in [0.5, 0.6) is 5.75 Å². The molecule has 148 valence electrons. The van der Waals surface area contributed by atoms with Gasteiger partial charge in [0.25, 0.3) is 0 Å². The third kappa shape index (κ3) is 6.05. The third-order valence-corrected chi connectivity index (χ3v) is 5.41. The first kappa shape index (κ1) is 21.4. The average Bonchev–Trinajstić information content (AvgIpc) is 2.59. The number of hydrogen-bond acceptors (Lipinski definition) is 1. The first-order chi connectivity index (χ1) is 12.5. The predicted molar refractivity (Wildman–Crippen MR) is 109 cm³/mol. The molecule has 1 nitrogen and oxygen atoms in total. The zero-order chi connectivity index (χ0) is 20.2. The maximum Gasteiger partial charge on any atom is 0.387 e. The van der Waals surface area contributed by atoms with E-state index in [1.54, 1.807) is 12.1 Å². The molecule has 0 heterocycles. The molecule has 1 unspecified atom stereocenters. The SMILES string of the molecule is CC(CCC(C)(C)c1ccc(OC(F)F)cc1)c1ccc(C(C)(C)C)cc1. The van der Waals surface area contributed by atoms with Crippen molar-refractivity contribution >= 4 is 0 Å². The fraction of sp³-hybridized carbons (Fsp3) is 0.500. The van der Waals surface area contributed by atoms with Crippen molar-refractivity contribution in [2.45, 2.75) is 77.7 Å². The van der Waals surface area contributed by atoms with Crippen LogP contribution in [-0.2, 0) is 10.8 Å². The van der Waals surface area contributed by atoms with Gasteiger partial charge in [-0.05, 0) is 58.4 Å². The van der Waals surface area contributed by atoms with Gasteiger partial charge in [0.15, 0.2) is 0 Å². The Bertz CT molecular complexity index is 710. The largest absolute Gasteiger partial charge is 0.435 e. The zero-order valence-corrected chi connectivity index (χ0v) is 17.4. The van der Waals surface area contributed by atoms with Crippen LogP contribution >= 0.6 is 0 Å². The lowest BCUT2D eigenvalue weighted by Crippen LogP contribution is -2.18. The highest BCUT2D eigenvalue weighted by Crippen LogP contribution is 2.34. The second kappa shape index (κ2) is 8.41. The molecule has 0 bridgehead atoms. The number of benzene rings is 2. The fourth-order valence-corrected chi connectivity index (χ4v) is 3.29. The number of hydrogen-bond donors (Lipinski definition) is 0. The van der Waals surface area contributed by atoms with Crippen LogP contribution < -0.4 is 4.74 Å². The van der Waals surface area contributed by atoms with Crippen LogP contribution in [0, 0.1) is 0 Å². The minimum Gasteiger partial charge on any atom is -0.435 e. The summed E-state index contributed by atoms with van der Waals surface area (Å²) in [6.07, 6.45) is 2.08. The van der Waals surface area contributed by atoms with Gasteiger partial charge in [0, 0.05) is 0 Å². The fourth-order valence-electron chi connectivity index (χ4n) is 3.29. The molecule has 0 fully saturated rings. The van der Waals surface area contributed by atoms with Crippen molar-refractivity contribution in [3.8, 4) is 5.75 Å². The lowest BCUT2D eigenvalue weighted by molar-refractivity contribution is -0.0498. The van der Waals surface area contributed by atoms with Crippen molar-refractivity contribution in [1.29, 1.82) is 0 Å². The lowest BCUT2D eigenvalue weighted by atomic mass is 9.78. The molecule has 2 rings (SSSR count). The quantitative estimate of drug-likeness (QED) is 0.489. The maximum atomic E-state index is 12.3. The Kier molecular flexibility index (Phi) is 6.67. The van der Waals surface area contributed by atoms with Crippen molar-refractivity contribution in [3.63, 3.8) is 0 Å². The Morgan fingerprint density at radius 3 is 1.81 bits per heavy atom. The lowest BCUT2D eigenvalue weighted by Gasteiger charge is -2.27. The Morgan fingerprint density at radius 2 is 1.33 bits per heavy atom. The van der Waals surface area contributed by atoms with Crippen LogP contribution in [0.2, 0.25) is 0 Å². The standard InChI is InChI=1S/C24H32F2O/c1-17(18-7-9-19(10-8-18)23(2,3)4)15-16-24(5,6)20-11-13-21(14-12-20)27-22(25)26/h7-14,17,22H,15-16H2,1-6H3. The molecule has 1 atom stereocenters. The normalized spacial score (nSPS) is 13.7. The summed E-state index contributed by atoms with van der Waals surface area (Å²) in [4.78, 5) is 0. The molecule has 2 aromatic rings. The van der Waals surface area contributed by atoms with Gasteiger partial charge in [-0.25, -0.2) is 0 Å². The maximum absolute atomic E-state index is 12.3. The van der Waals surface area contributed by atoms with Gasteiger partial charge in [-0.2, -0.15) is 8.78 Å². The van der Waals surface area contributed by atoms with E-state index in [4.69, 9.17) is 0 Å².